The fourth-order valence-electron chi connectivity index (χ4n) is 2.24. The average Bonchev–Trinajstić information content (AvgIpc) is 2.42. The second-order valence-electron chi connectivity index (χ2n) is 4.64. The molecule has 20 heavy (non-hydrogen) atoms. The van der Waals surface area contributed by atoms with Gasteiger partial charge in [-0.2, -0.15) is 0 Å². The molecule has 1 aromatic rings. The molecule has 1 fully saturated rings. The SMILES string of the molecule is CN(C(=O)c1cc(F)c(F)cc1I)C1CCNCC1.Cl. The first kappa shape index (κ1) is 17.6. The van der Waals surface area contributed by atoms with Gasteiger partial charge in [-0.3, -0.25) is 4.79 Å². The summed E-state index contributed by atoms with van der Waals surface area (Å²) in [5.41, 5.74) is 0.223. The van der Waals surface area contributed by atoms with Gasteiger partial charge in [-0.15, -0.1) is 12.4 Å². The van der Waals surface area contributed by atoms with Crippen LogP contribution in [0, 0.1) is 15.2 Å². The zero-order valence-electron chi connectivity index (χ0n) is 11.0. The molecule has 1 aliphatic rings. The number of rotatable bonds is 2. The third-order valence-corrected chi connectivity index (χ3v) is 4.31. The molecule has 1 aliphatic heterocycles. The number of carbonyl (C=O) groups is 1. The summed E-state index contributed by atoms with van der Waals surface area (Å²) in [7, 11) is 1.72. The van der Waals surface area contributed by atoms with Crippen LogP contribution in [0.3, 0.4) is 0 Å². The van der Waals surface area contributed by atoms with Crippen molar-refractivity contribution in [3.63, 3.8) is 0 Å². The van der Waals surface area contributed by atoms with Crippen molar-refractivity contribution in [2.75, 3.05) is 20.1 Å². The Morgan fingerprint density at radius 2 is 1.85 bits per heavy atom. The molecule has 0 atom stereocenters. The maximum absolute atomic E-state index is 13.3. The van der Waals surface area contributed by atoms with Gasteiger partial charge in [0.1, 0.15) is 0 Å². The molecular formula is C13H16ClF2IN2O. The van der Waals surface area contributed by atoms with Gasteiger partial charge in [0.15, 0.2) is 11.6 Å². The van der Waals surface area contributed by atoms with Crippen molar-refractivity contribution < 1.29 is 13.6 Å². The number of carbonyl (C=O) groups excluding carboxylic acids is 1. The first-order valence-electron chi connectivity index (χ1n) is 6.13. The first-order chi connectivity index (χ1) is 9.00. The second kappa shape index (κ2) is 7.51. The van der Waals surface area contributed by atoms with E-state index in [0.29, 0.717) is 3.57 Å². The lowest BCUT2D eigenvalue weighted by atomic mass is 10.0. The monoisotopic (exact) mass is 416 g/mol. The average molecular weight is 417 g/mol. The highest BCUT2D eigenvalue weighted by Gasteiger charge is 2.25. The van der Waals surface area contributed by atoms with E-state index < -0.39 is 11.6 Å². The van der Waals surface area contributed by atoms with E-state index in [1.807, 2.05) is 22.6 Å². The smallest absolute Gasteiger partial charge is 0.255 e. The molecule has 0 bridgehead atoms. The van der Waals surface area contributed by atoms with E-state index in [4.69, 9.17) is 0 Å². The van der Waals surface area contributed by atoms with Crippen LogP contribution in [0.4, 0.5) is 8.78 Å². The molecule has 0 spiro atoms. The van der Waals surface area contributed by atoms with Crippen LogP contribution in [0.15, 0.2) is 12.1 Å². The summed E-state index contributed by atoms with van der Waals surface area (Å²) in [5.74, 6) is -2.16. The van der Waals surface area contributed by atoms with Crippen molar-refractivity contribution in [3.8, 4) is 0 Å². The highest BCUT2D eigenvalue weighted by molar-refractivity contribution is 14.1. The Kier molecular flexibility index (Phi) is 6.60. The van der Waals surface area contributed by atoms with Crippen LogP contribution in [0.1, 0.15) is 23.2 Å². The van der Waals surface area contributed by atoms with E-state index in [0.717, 1.165) is 38.1 Å². The maximum Gasteiger partial charge on any atom is 0.255 e. The minimum atomic E-state index is -0.984. The van der Waals surface area contributed by atoms with Crippen molar-refractivity contribution in [3.05, 3.63) is 32.9 Å². The fraction of sp³-hybridized carbons (Fsp3) is 0.462. The maximum atomic E-state index is 13.3. The van der Waals surface area contributed by atoms with E-state index in [1.165, 1.54) is 0 Å². The minimum Gasteiger partial charge on any atom is -0.339 e. The third kappa shape index (κ3) is 3.79. The number of piperidine rings is 1. The van der Waals surface area contributed by atoms with Gasteiger partial charge in [-0.05, 0) is 60.7 Å². The second-order valence-corrected chi connectivity index (χ2v) is 5.81. The lowest BCUT2D eigenvalue weighted by molar-refractivity contribution is 0.0701. The fourth-order valence-corrected chi connectivity index (χ4v) is 2.90. The number of benzene rings is 1. The lowest BCUT2D eigenvalue weighted by Gasteiger charge is -2.32. The van der Waals surface area contributed by atoms with Gasteiger partial charge in [0.2, 0.25) is 0 Å². The van der Waals surface area contributed by atoms with Gasteiger partial charge >= 0.3 is 0 Å². The summed E-state index contributed by atoms with van der Waals surface area (Å²) in [6.07, 6.45) is 1.75. The summed E-state index contributed by atoms with van der Waals surface area (Å²) < 4.78 is 26.8. The molecule has 1 amide bonds. The number of hydrogen-bond acceptors (Lipinski definition) is 2. The topological polar surface area (TPSA) is 32.3 Å². The number of halogens is 4. The Morgan fingerprint density at radius 1 is 1.30 bits per heavy atom. The molecule has 0 aliphatic carbocycles. The number of amides is 1. The molecular weight excluding hydrogens is 401 g/mol. The Balaban J connectivity index is 0.00000200. The summed E-state index contributed by atoms with van der Waals surface area (Å²) in [5, 5.41) is 3.23. The van der Waals surface area contributed by atoms with Gasteiger partial charge in [-0.1, -0.05) is 0 Å². The number of hydrogen-bond donors (Lipinski definition) is 1. The third-order valence-electron chi connectivity index (χ3n) is 3.42. The minimum absolute atomic E-state index is 0. The molecule has 3 nitrogen and oxygen atoms in total. The largest absolute Gasteiger partial charge is 0.339 e. The molecule has 0 radical (unpaired) electrons. The van der Waals surface area contributed by atoms with Crippen LogP contribution >= 0.6 is 35.0 Å². The van der Waals surface area contributed by atoms with Gasteiger partial charge in [-0.25, -0.2) is 8.78 Å². The van der Waals surface area contributed by atoms with Crippen LogP contribution in [0.25, 0.3) is 0 Å². The Bertz CT molecular complexity index is 496. The van der Waals surface area contributed by atoms with Crippen molar-refractivity contribution in [1.82, 2.24) is 10.2 Å². The van der Waals surface area contributed by atoms with Gasteiger partial charge < -0.3 is 10.2 Å². The quantitative estimate of drug-likeness (QED) is 0.594. The van der Waals surface area contributed by atoms with Crippen LogP contribution in [0.2, 0.25) is 0 Å². The molecule has 112 valence electrons. The lowest BCUT2D eigenvalue weighted by Crippen LogP contribution is -2.44. The molecule has 1 heterocycles. The van der Waals surface area contributed by atoms with Crippen molar-refractivity contribution in [2.24, 2.45) is 0 Å². The molecule has 0 saturated carbocycles. The Hall–Kier alpha value is -0.470. The molecule has 0 aromatic heterocycles. The standard InChI is InChI=1S/C13H15F2IN2O.ClH/c1-18(8-2-4-17-5-3-8)13(19)9-6-10(14)11(15)7-12(9)16;/h6-8,17H,2-5H2,1H3;1H. The summed E-state index contributed by atoms with van der Waals surface area (Å²) in [6, 6.07) is 2.19. The van der Waals surface area contributed by atoms with Crippen molar-refractivity contribution >= 4 is 40.9 Å². The van der Waals surface area contributed by atoms with Crippen molar-refractivity contribution in [2.45, 2.75) is 18.9 Å². The number of nitrogens with one attached hydrogen (secondary N) is 1. The van der Waals surface area contributed by atoms with E-state index in [-0.39, 0.29) is 29.9 Å². The first-order valence-corrected chi connectivity index (χ1v) is 7.21. The molecule has 1 aromatic carbocycles. The molecule has 1 saturated heterocycles. The molecule has 1 N–H and O–H groups in total. The van der Waals surface area contributed by atoms with Gasteiger partial charge in [0, 0.05) is 16.7 Å². The van der Waals surface area contributed by atoms with E-state index in [1.54, 1.807) is 11.9 Å². The Morgan fingerprint density at radius 3 is 2.45 bits per heavy atom. The van der Waals surface area contributed by atoms with E-state index in [9.17, 15) is 13.6 Å². The zero-order chi connectivity index (χ0) is 14.0. The van der Waals surface area contributed by atoms with Crippen molar-refractivity contribution in [1.29, 1.82) is 0 Å². The van der Waals surface area contributed by atoms with Crippen LogP contribution in [-0.2, 0) is 0 Å². The summed E-state index contributed by atoms with van der Waals surface area (Å²) >= 11 is 1.86. The Labute approximate surface area is 136 Å². The molecule has 0 unspecified atom stereocenters. The normalized spacial score (nSPS) is 15.6. The number of nitrogens with zero attached hydrogens (tertiary/aromatic N) is 1. The predicted octanol–water partition coefficient (Wildman–Crippen LogP) is 2.82. The predicted molar refractivity (Wildman–Crippen MR) is 84.3 cm³/mol. The summed E-state index contributed by atoms with van der Waals surface area (Å²) in [4.78, 5) is 14.0. The van der Waals surface area contributed by atoms with Gasteiger partial charge in [0.25, 0.3) is 5.91 Å². The van der Waals surface area contributed by atoms with Crippen LogP contribution < -0.4 is 5.32 Å². The zero-order valence-corrected chi connectivity index (χ0v) is 13.9. The van der Waals surface area contributed by atoms with Gasteiger partial charge in [0.05, 0.1) is 5.56 Å². The highest BCUT2D eigenvalue weighted by atomic mass is 127. The van der Waals surface area contributed by atoms with E-state index >= 15 is 0 Å². The molecule has 7 heteroatoms. The van der Waals surface area contributed by atoms with Crippen LogP contribution in [-0.4, -0.2) is 37.0 Å². The van der Waals surface area contributed by atoms with E-state index in [2.05, 4.69) is 5.32 Å². The molecule has 2 rings (SSSR count). The van der Waals surface area contributed by atoms with Crippen LogP contribution in [0.5, 0.6) is 0 Å². The summed E-state index contributed by atoms with van der Waals surface area (Å²) in [6.45, 7) is 1.74. The highest BCUT2D eigenvalue weighted by Crippen LogP contribution is 2.20.